The van der Waals surface area contributed by atoms with E-state index in [0.29, 0.717) is 0 Å². The molecular formula is C52H122N6O22S5. The van der Waals surface area contributed by atoms with Crippen LogP contribution in [0.15, 0.2) is 91.8 Å². The van der Waals surface area contributed by atoms with Crippen molar-refractivity contribution in [1.29, 1.82) is 0 Å². The van der Waals surface area contributed by atoms with E-state index in [2.05, 4.69) is 109 Å². The van der Waals surface area contributed by atoms with Crippen molar-refractivity contribution in [2.75, 3.05) is 165 Å². The monoisotopic (exact) mass is 1340 g/mol. The molecule has 0 aromatic heterocycles. The zero-order chi connectivity index (χ0) is 74.5. The van der Waals surface area contributed by atoms with Gasteiger partial charge in [-0.25, -0.2) is 43.5 Å². The van der Waals surface area contributed by atoms with E-state index in [1.165, 1.54) is 120 Å². The average Bonchev–Trinajstić information content (AvgIpc) is 3.37. The molecule has 33 heteroatoms. The summed E-state index contributed by atoms with van der Waals surface area (Å²) in [5.41, 5.74) is 0. The summed E-state index contributed by atoms with van der Waals surface area (Å²) in [5, 5.41) is 7.33. The number of Topliss-reactive ketones (excluding diaryl/α,β-unsaturated/α-hetero) is 1. The molecule has 0 rings (SSSR count). The number of ketones is 1. The zero-order valence-electron chi connectivity index (χ0n) is 57.0. The normalized spacial score (nSPS) is 7.51. The lowest BCUT2D eigenvalue weighted by Gasteiger charge is -2.05. The largest absolute Gasteiger partial charge is 0.516 e. The highest BCUT2D eigenvalue weighted by Gasteiger charge is 2.02. The molecule has 0 aliphatic rings. The van der Waals surface area contributed by atoms with Crippen LogP contribution in [0.1, 0.15) is 49.0 Å². The molecule has 0 fully saturated rings. The molecule has 0 aromatic carbocycles. The van der Waals surface area contributed by atoms with Gasteiger partial charge >= 0.3 is 35.8 Å². The number of esters is 2. The zero-order valence-corrected chi connectivity index (χ0v) is 61.1. The van der Waals surface area contributed by atoms with Crippen LogP contribution < -0.4 is 0 Å². The van der Waals surface area contributed by atoms with E-state index in [1.54, 1.807) is 54.8 Å². The second kappa shape index (κ2) is 124. The van der Waals surface area contributed by atoms with Gasteiger partial charge in [-0.1, -0.05) is 14.0 Å². The molecule has 522 valence electrons. The van der Waals surface area contributed by atoms with Gasteiger partial charge < -0.3 is 53.2 Å². The minimum absolute atomic E-state index is 0. The standard InChI is InChI=1S/C4H9NO2.2C4H9NO.2C3H9NO2S.C3H9N.C3H6O3.2C3H6O2.C3H6O.C2H6O2S.C2H6OS.C2H4O.6C2H4.CH4.O2S/c1-5(2)4(6)7-3;2*1-4(6)5(2)3;2*1-4(2)7(3,5)6;1-4(2)3;1-5-3(4)6-2;2*1-3(4)5-2;1-3(2)4;1-5(2,3)4;1-4(2)3;1-2-3;6*1-2;;1-3-2/h1-3H3;2*1-3H3;2*1-3H3;1-3H3;1-2H3;2*1-2H3;1-2H3;1-2H3;1-2H3;2-3H,1H2;6*1-2H2;1H4;. The molecule has 0 aliphatic heterocycles. The second-order valence-corrected chi connectivity index (χ2v) is 22.0. The number of carbonyl (C=O) groups excluding carboxylic acids is 7. The summed E-state index contributed by atoms with van der Waals surface area (Å²) in [6.45, 7) is 47.8. The van der Waals surface area contributed by atoms with Crippen molar-refractivity contribution in [1.82, 2.24) is 28.2 Å². The lowest BCUT2D eigenvalue weighted by molar-refractivity contribution is -0.138. The molecule has 28 nitrogen and oxygen atoms in total. The lowest BCUT2D eigenvalue weighted by Crippen LogP contribution is -2.20. The molecule has 0 bridgehead atoms. The summed E-state index contributed by atoms with van der Waals surface area (Å²) in [7, 11) is 19.6. The van der Waals surface area contributed by atoms with Crippen LogP contribution in [-0.2, 0) is 99.9 Å². The first kappa shape index (κ1) is 143. The van der Waals surface area contributed by atoms with Crippen molar-refractivity contribution in [3.63, 3.8) is 0 Å². The number of rotatable bonds is 2. The van der Waals surface area contributed by atoms with E-state index in [0.717, 1.165) is 39.9 Å². The van der Waals surface area contributed by atoms with Crippen LogP contribution in [0.25, 0.3) is 0 Å². The minimum Gasteiger partial charge on any atom is -0.516 e. The first-order valence-corrected chi connectivity index (χ1v) is 30.6. The summed E-state index contributed by atoms with van der Waals surface area (Å²) < 4.78 is 109. The van der Waals surface area contributed by atoms with Crippen LogP contribution in [0.3, 0.4) is 0 Å². The first-order valence-electron chi connectivity index (χ1n) is 22.0. The highest BCUT2D eigenvalue weighted by Crippen LogP contribution is 1.84. The van der Waals surface area contributed by atoms with E-state index in [-0.39, 0.29) is 43.1 Å². The highest BCUT2D eigenvalue weighted by atomic mass is 32.2. The SMILES string of the molecule is C.C=C.C=C.C=C.C=C.C=C.C=C.C=CO.CC(=O)N(C)C.CC(=O)N(C)C.CC(C)=O.CN(C)C.CN(C)S(C)(=O)=O.CN(C)S(C)(=O)=O.COC(=O)N(C)C.COC(=O)OC.COC(C)=O.COC(C)=O.CS(C)(=O)=O.CS(C)=O.O=S=O. The molecule has 0 saturated carbocycles. The highest BCUT2D eigenvalue weighted by molar-refractivity contribution is 7.90. The van der Waals surface area contributed by atoms with Crippen molar-refractivity contribution >= 4 is 94.0 Å². The molecule has 0 aliphatic carbocycles. The fourth-order valence-corrected chi connectivity index (χ4v) is 0.266. The Morgan fingerprint density at radius 2 is 0.541 bits per heavy atom. The van der Waals surface area contributed by atoms with Gasteiger partial charge in [-0.05, 0) is 35.0 Å². The molecule has 0 saturated heterocycles. The van der Waals surface area contributed by atoms with Gasteiger partial charge in [0, 0.05) is 134 Å². The van der Waals surface area contributed by atoms with E-state index in [9.17, 15) is 63.0 Å². The molecule has 0 heterocycles. The summed E-state index contributed by atoms with van der Waals surface area (Å²) in [5.74, 6) is -0.139. The van der Waals surface area contributed by atoms with Gasteiger partial charge in [0.15, 0.2) is 0 Å². The third-order valence-corrected chi connectivity index (χ3v) is 6.69. The van der Waals surface area contributed by atoms with Crippen molar-refractivity contribution in [3.8, 4) is 0 Å². The maximum Gasteiger partial charge on any atom is 0.507 e. The van der Waals surface area contributed by atoms with Gasteiger partial charge in [0.25, 0.3) is 0 Å². The fraction of sp³-hybridized carbons (Fsp3) is 0.596. The van der Waals surface area contributed by atoms with Crippen LogP contribution in [0.2, 0.25) is 0 Å². The number of ether oxygens (including phenoxy) is 5. The number of sulfone groups is 1. The molecule has 85 heavy (non-hydrogen) atoms. The van der Waals surface area contributed by atoms with Gasteiger partial charge in [0.2, 0.25) is 31.9 Å². The van der Waals surface area contributed by atoms with E-state index < -0.39 is 58.4 Å². The molecule has 0 aromatic rings. The Kier molecular flexibility index (Phi) is 208. The number of carbonyl (C=O) groups is 7. The van der Waals surface area contributed by atoms with E-state index in [4.69, 9.17) is 13.5 Å². The van der Waals surface area contributed by atoms with Crippen molar-refractivity contribution in [2.24, 2.45) is 0 Å². The molecular weight excluding hydrogens is 1220 g/mol. The number of aliphatic hydroxyl groups is 1. The summed E-state index contributed by atoms with van der Waals surface area (Å²) >= 11 is -0.750. The Morgan fingerprint density at radius 3 is 0.541 bits per heavy atom. The smallest absolute Gasteiger partial charge is 0.507 e. The Bertz CT molecular complexity index is 1710. The van der Waals surface area contributed by atoms with E-state index >= 15 is 0 Å². The Morgan fingerprint density at radius 1 is 0.447 bits per heavy atom. The predicted octanol–water partition coefficient (Wildman–Crippen LogP) is 6.17. The third kappa shape index (κ3) is 579. The third-order valence-electron chi connectivity index (χ3n) is 4.03. The number of amides is 3. The number of sulfonamides is 2. The van der Waals surface area contributed by atoms with Crippen molar-refractivity contribution in [2.45, 2.75) is 49.0 Å². The molecule has 0 atom stereocenters. The number of hydrogen-bond donors (Lipinski definition) is 1. The Balaban J connectivity index is -0.0000000270. The van der Waals surface area contributed by atoms with Crippen LogP contribution in [0.5, 0.6) is 0 Å². The molecule has 0 spiro atoms. The summed E-state index contributed by atoms with van der Waals surface area (Å²) in [4.78, 5) is 75.1. The summed E-state index contributed by atoms with van der Waals surface area (Å²) in [6.07, 6.45) is 7.69. The molecule has 1 N–H and O–H groups in total. The Hall–Kier alpha value is -6.23. The van der Waals surface area contributed by atoms with Crippen LogP contribution in [-0.4, -0.2) is 278 Å². The van der Waals surface area contributed by atoms with Crippen molar-refractivity contribution < 1.29 is 100 Å². The molecule has 0 unspecified atom stereocenters. The summed E-state index contributed by atoms with van der Waals surface area (Å²) in [6, 6.07) is 0. The number of aliphatic hydroxyl groups excluding tert-OH is 1. The topological polar surface area (TPSA) is 359 Å². The van der Waals surface area contributed by atoms with Gasteiger partial charge in [0.05, 0.1) is 54.3 Å². The quantitative estimate of drug-likeness (QED) is 0.140. The van der Waals surface area contributed by atoms with Gasteiger partial charge in [-0.3, -0.25) is 23.4 Å². The first-order chi connectivity index (χ1) is 37.7. The fourth-order valence-electron chi connectivity index (χ4n) is 0.266. The lowest BCUT2D eigenvalue weighted by atomic mass is 10.6. The van der Waals surface area contributed by atoms with Crippen LogP contribution in [0.4, 0.5) is 9.59 Å². The number of hydrogen-bond acceptors (Lipinski definition) is 23. The Labute approximate surface area is 525 Å². The minimum atomic E-state index is -2.91. The number of nitrogens with zero attached hydrogens (tertiary/aromatic N) is 6. The van der Waals surface area contributed by atoms with Gasteiger partial charge in [0.1, 0.15) is 15.6 Å². The van der Waals surface area contributed by atoms with E-state index in [1.807, 2.05) is 26.0 Å². The number of methoxy groups -OCH3 is 5. The van der Waals surface area contributed by atoms with Gasteiger partial charge in [-0.2, -0.15) is 8.42 Å². The molecule has 0 radical (unpaired) electrons. The van der Waals surface area contributed by atoms with Crippen LogP contribution >= 0.6 is 0 Å². The van der Waals surface area contributed by atoms with Crippen LogP contribution in [0, 0.1) is 0 Å². The molecule has 3 amide bonds. The maximum absolute atomic E-state index is 10.3. The predicted molar refractivity (Wildman–Crippen MR) is 359 cm³/mol. The second-order valence-electron chi connectivity index (χ2n) is 13.7. The van der Waals surface area contributed by atoms with Gasteiger partial charge in [-0.15, -0.1) is 78.9 Å². The van der Waals surface area contributed by atoms with Crippen molar-refractivity contribution in [3.05, 3.63) is 91.8 Å². The average molecular weight is 1340 g/mol. The maximum atomic E-state index is 10.3.